The van der Waals surface area contributed by atoms with Crippen LogP contribution in [-0.2, 0) is 14.3 Å². The fraction of sp³-hybridized carbons (Fsp3) is 1.00. The lowest BCUT2D eigenvalue weighted by atomic mass is 10.4. The molecular weight excluding hydrogens is 190 g/mol. The molecule has 13 heavy (non-hydrogen) atoms. The quantitative estimate of drug-likeness (QED) is 0.472. The molecular formula is C8H20NO3S+. The van der Waals surface area contributed by atoms with Crippen LogP contribution in [0.15, 0.2) is 0 Å². The molecule has 0 aliphatic heterocycles. The summed E-state index contributed by atoms with van der Waals surface area (Å²) in [7, 11) is 2.11. The van der Waals surface area contributed by atoms with Crippen molar-refractivity contribution < 1.29 is 17.1 Å². The van der Waals surface area contributed by atoms with Crippen molar-refractivity contribution in [2.24, 2.45) is 0 Å². The van der Waals surface area contributed by atoms with Gasteiger partial charge in [0, 0.05) is 6.42 Å². The zero-order valence-corrected chi connectivity index (χ0v) is 9.73. The molecule has 0 amide bonds. The van der Waals surface area contributed by atoms with E-state index in [9.17, 15) is 8.42 Å². The van der Waals surface area contributed by atoms with Crippen molar-refractivity contribution in [2.45, 2.75) is 13.3 Å². The normalized spacial score (nSPS) is 13.2. The maximum absolute atomic E-state index is 10.9. The molecule has 0 aliphatic carbocycles. The standard InChI is InChI=1S/C8H20NO3S/c1-5-9(2,3)7-6-8-13(10,11)12-4/h5-8H2,1-4H3/q+1. The van der Waals surface area contributed by atoms with Gasteiger partial charge in [0.05, 0.1) is 40.0 Å². The predicted molar refractivity (Wildman–Crippen MR) is 52.9 cm³/mol. The fourth-order valence-corrected chi connectivity index (χ4v) is 1.56. The summed E-state index contributed by atoms with van der Waals surface area (Å²) in [6, 6.07) is 0. The van der Waals surface area contributed by atoms with Crippen molar-refractivity contribution in [3.8, 4) is 0 Å². The maximum Gasteiger partial charge on any atom is 0.267 e. The number of quaternary nitrogens is 1. The highest BCUT2D eigenvalue weighted by Gasteiger charge is 2.14. The largest absolute Gasteiger partial charge is 0.329 e. The Balaban J connectivity index is 3.81. The van der Waals surface area contributed by atoms with Gasteiger partial charge < -0.3 is 4.48 Å². The molecule has 0 N–H and O–H groups in total. The molecule has 0 atom stereocenters. The van der Waals surface area contributed by atoms with Crippen LogP contribution in [0.1, 0.15) is 13.3 Å². The molecule has 0 aromatic rings. The molecule has 80 valence electrons. The summed E-state index contributed by atoms with van der Waals surface area (Å²) in [6.07, 6.45) is 0.650. The minimum atomic E-state index is -3.26. The Labute approximate surface area is 81.2 Å². The van der Waals surface area contributed by atoms with Crippen LogP contribution in [0.2, 0.25) is 0 Å². The Bertz CT molecular complexity index is 234. The first-order valence-electron chi connectivity index (χ1n) is 4.43. The maximum atomic E-state index is 10.9. The lowest BCUT2D eigenvalue weighted by Crippen LogP contribution is -2.40. The van der Waals surface area contributed by atoms with E-state index in [-0.39, 0.29) is 5.75 Å². The zero-order chi connectivity index (χ0) is 10.5. The van der Waals surface area contributed by atoms with Gasteiger partial charge in [0.2, 0.25) is 0 Å². The van der Waals surface area contributed by atoms with Gasteiger partial charge >= 0.3 is 0 Å². The van der Waals surface area contributed by atoms with Crippen LogP contribution in [-0.4, -0.2) is 52.9 Å². The van der Waals surface area contributed by atoms with Gasteiger partial charge in [0.25, 0.3) is 10.1 Å². The summed E-state index contributed by atoms with van der Waals surface area (Å²) in [6.45, 7) is 3.96. The molecule has 0 aromatic heterocycles. The molecule has 0 fully saturated rings. The number of rotatable bonds is 6. The van der Waals surface area contributed by atoms with Crippen molar-refractivity contribution in [3.05, 3.63) is 0 Å². The highest BCUT2D eigenvalue weighted by atomic mass is 32.2. The number of hydrogen-bond donors (Lipinski definition) is 0. The van der Waals surface area contributed by atoms with Crippen molar-refractivity contribution >= 4 is 10.1 Å². The van der Waals surface area contributed by atoms with Gasteiger partial charge in [-0.25, -0.2) is 0 Å². The van der Waals surface area contributed by atoms with Crippen molar-refractivity contribution in [1.29, 1.82) is 0 Å². The lowest BCUT2D eigenvalue weighted by Gasteiger charge is -2.27. The number of hydrogen-bond acceptors (Lipinski definition) is 3. The highest BCUT2D eigenvalue weighted by Crippen LogP contribution is 2.01. The van der Waals surface area contributed by atoms with E-state index in [2.05, 4.69) is 25.2 Å². The van der Waals surface area contributed by atoms with Gasteiger partial charge in [-0.3, -0.25) is 4.18 Å². The molecule has 0 bridgehead atoms. The topological polar surface area (TPSA) is 43.4 Å². The van der Waals surface area contributed by atoms with Gasteiger partial charge in [-0.15, -0.1) is 0 Å². The molecule has 0 heterocycles. The van der Waals surface area contributed by atoms with E-state index in [1.165, 1.54) is 7.11 Å². The van der Waals surface area contributed by atoms with Crippen LogP contribution in [0.5, 0.6) is 0 Å². The average Bonchev–Trinajstić information content (AvgIpc) is 2.04. The summed E-state index contributed by atoms with van der Waals surface area (Å²) in [5.41, 5.74) is 0. The Morgan fingerprint density at radius 1 is 1.31 bits per heavy atom. The first kappa shape index (κ1) is 12.9. The summed E-state index contributed by atoms with van der Waals surface area (Å²) < 4.78 is 27.1. The third kappa shape index (κ3) is 6.01. The molecule has 0 rings (SSSR count). The van der Waals surface area contributed by atoms with E-state index in [0.29, 0.717) is 6.42 Å². The molecule has 4 nitrogen and oxygen atoms in total. The first-order chi connectivity index (χ1) is 5.83. The molecule has 0 aliphatic rings. The van der Waals surface area contributed by atoms with E-state index >= 15 is 0 Å². The van der Waals surface area contributed by atoms with Crippen LogP contribution in [0.4, 0.5) is 0 Å². The van der Waals surface area contributed by atoms with E-state index in [0.717, 1.165) is 17.6 Å². The fourth-order valence-electron chi connectivity index (χ4n) is 0.911. The summed E-state index contributed by atoms with van der Waals surface area (Å²) in [5, 5.41) is 0. The lowest BCUT2D eigenvalue weighted by molar-refractivity contribution is -0.888. The first-order valence-corrected chi connectivity index (χ1v) is 6.01. The molecule has 0 radical (unpaired) electrons. The van der Waals surface area contributed by atoms with Crippen molar-refractivity contribution in [1.82, 2.24) is 0 Å². The molecule has 0 saturated carbocycles. The van der Waals surface area contributed by atoms with Crippen LogP contribution < -0.4 is 0 Å². The summed E-state index contributed by atoms with van der Waals surface area (Å²) in [5.74, 6) is 0.116. The van der Waals surface area contributed by atoms with Crippen LogP contribution in [0.25, 0.3) is 0 Å². The zero-order valence-electron chi connectivity index (χ0n) is 8.91. The van der Waals surface area contributed by atoms with Crippen LogP contribution in [0, 0.1) is 0 Å². The third-order valence-electron chi connectivity index (χ3n) is 2.27. The van der Waals surface area contributed by atoms with Gasteiger partial charge in [-0.1, -0.05) is 0 Å². The second-order valence-corrected chi connectivity index (χ2v) is 5.61. The van der Waals surface area contributed by atoms with Crippen LogP contribution in [0.3, 0.4) is 0 Å². The third-order valence-corrected chi connectivity index (χ3v) is 3.56. The monoisotopic (exact) mass is 210 g/mol. The van der Waals surface area contributed by atoms with Crippen molar-refractivity contribution in [2.75, 3.05) is 40.0 Å². The summed E-state index contributed by atoms with van der Waals surface area (Å²) >= 11 is 0. The van der Waals surface area contributed by atoms with Gasteiger partial charge in [-0.05, 0) is 6.92 Å². The van der Waals surface area contributed by atoms with E-state index in [4.69, 9.17) is 0 Å². The van der Waals surface area contributed by atoms with Gasteiger partial charge in [0.1, 0.15) is 0 Å². The second-order valence-electron chi connectivity index (χ2n) is 3.76. The average molecular weight is 210 g/mol. The van der Waals surface area contributed by atoms with E-state index in [1.807, 2.05) is 0 Å². The van der Waals surface area contributed by atoms with E-state index < -0.39 is 10.1 Å². The highest BCUT2D eigenvalue weighted by molar-refractivity contribution is 7.86. The van der Waals surface area contributed by atoms with Crippen molar-refractivity contribution in [3.63, 3.8) is 0 Å². The molecule has 0 aromatic carbocycles. The Hall–Kier alpha value is -0.130. The van der Waals surface area contributed by atoms with Crippen LogP contribution >= 0.6 is 0 Å². The Morgan fingerprint density at radius 2 is 1.85 bits per heavy atom. The van der Waals surface area contributed by atoms with E-state index in [1.54, 1.807) is 0 Å². The SMILES string of the molecule is CC[N+](C)(C)CCCS(=O)(=O)OC. The molecule has 5 heteroatoms. The second kappa shape index (κ2) is 4.93. The molecule has 0 unspecified atom stereocenters. The minimum Gasteiger partial charge on any atom is -0.329 e. The smallest absolute Gasteiger partial charge is 0.267 e. The van der Waals surface area contributed by atoms with Gasteiger partial charge in [-0.2, -0.15) is 8.42 Å². The Morgan fingerprint density at radius 3 is 2.23 bits per heavy atom. The number of nitrogens with zero attached hydrogens (tertiary/aromatic N) is 1. The molecule has 0 spiro atoms. The Kier molecular flexibility index (Phi) is 4.88. The minimum absolute atomic E-state index is 0.116. The summed E-state index contributed by atoms with van der Waals surface area (Å²) in [4.78, 5) is 0. The molecule has 0 saturated heterocycles. The predicted octanol–water partition coefficient (Wildman–Crippen LogP) is 0.449. The van der Waals surface area contributed by atoms with Gasteiger partial charge in [0.15, 0.2) is 0 Å².